The van der Waals surface area contributed by atoms with Crippen LogP contribution in [0.4, 0.5) is 0 Å². The van der Waals surface area contributed by atoms with E-state index in [2.05, 4.69) is 31.2 Å². The number of hydrogen-bond acceptors (Lipinski definition) is 2. The maximum atomic E-state index is 11.8. The lowest BCUT2D eigenvalue weighted by molar-refractivity contribution is -0.875. The summed E-state index contributed by atoms with van der Waals surface area (Å²) >= 11 is 0. The van der Waals surface area contributed by atoms with Crippen LogP contribution in [0.2, 0.25) is 0 Å². The number of hydrogen-bond donors (Lipinski definition) is 3. The van der Waals surface area contributed by atoms with Gasteiger partial charge in [0.2, 0.25) is 5.34 Å². The molecular weight excluding hydrogens is 421 g/mol. The van der Waals surface area contributed by atoms with Crippen LogP contribution in [0, 0.1) is 0 Å². The Balaban J connectivity index is 3.64. The minimum Gasteiger partial charge on any atom is -0.373 e. The van der Waals surface area contributed by atoms with Crippen LogP contribution in [0.3, 0.4) is 0 Å². The second-order valence-corrected chi connectivity index (χ2v) is 12.3. The van der Waals surface area contributed by atoms with Crippen molar-refractivity contribution in [1.29, 1.82) is 0 Å². The number of nitrogens with zero attached hydrogens (tertiary/aromatic N) is 1. The van der Waals surface area contributed by atoms with E-state index in [9.17, 15) is 19.5 Å². The zero-order chi connectivity index (χ0) is 24.3. The summed E-state index contributed by atoms with van der Waals surface area (Å²) < 4.78 is 12.1. The van der Waals surface area contributed by atoms with Crippen molar-refractivity contribution in [2.45, 2.75) is 115 Å². The first-order valence-electron chi connectivity index (χ1n) is 12.9. The number of aliphatic hydroxyl groups is 1. The Labute approximate surface area is 198 Å². The van der Waals surface area contributed by atoms with Crippen LogP contribution < -0.4 is 0 Å². The lowest BCUT2D eigenvalue weighted by Crippen LogP contribution is -2.49. The summed E-state index contributed by atoms with van der Waals surface area (Å²) in [7, 11) is 0.958. The molecule has 3 N–H and O–H groups in total. The number of quaternary nitrogens is 1. The van der Waals surface area contributed by atoms with Crippen molar-refractivity contribution in [2.75, 3.05) is 27.7 Å². The van der Waals surface area contributed by atoms with Gasteiger partial charge in [0.1, 0.15) is 6.54 Å². The summed E-state index contributed by atoms with van der Waals surface area (Å²) in [5.74, 6) is 0. The second-order valence-electron chi connectivity index (χ2n) is 10.3. The molecule has 0 amide bonds. The first kappa shape index (κ1) is 31.6. The van der Waals surface area contributed by atoms with Gasteiger partial charge in [-0.1, -0.05) is 76.2 Å². The second kappa shape index (κ2) is 18.0. The summed E-state index contributed by atoms with van der Waals surface area (Å²) in [6.45, 7) is 2.24. The fourth-order valence-electron chi connectivity index (χ4n) is 4.03. The fourth-order valence-corrected chi connectivity index (χ4v) is 5.09. The van der Waals surface area contributed by atoms with Crippen LogP contribution >= 0.6 is 7.60 Å². The quantitative estimate of drug-likeness (QED) is 0.0729. The zero-order valence-electron chi connectivity index (χ0n) is 21.5. The van der Waals surface area contributed by atoms with Crippen LogP contribution in [0.25, 0.3) is 0 Å². The molecule has 1 atom stereocenters. The molecule has 0 heterocycles. The van der Waals surface area contributed by atoms with Crippen LogP contribution in [-0.2, 0) is 4.57 Å². The lowest BCUT2D eigenvalue weighted by Gasteiger charge is -2.35. The molecule has 0 aliphatic heterocycles. The molecule has 0 saturated carbocycles. The van der Waals surface area contributed by atoms with Gasteiger partial charge in [0.25, 0.3) is 0 Å². The summed E-state index contributed by atoms with van der Waals surface area (Å²) in [5, 5.41) is 8.62. The molecule has 6 heteroatoms. The van der Waals surface area contributed by atoms with E-state index in [1.54, 1.807) is 0 Å². The van der Waals surface area contributed by atoms with Gasteiger partial charge in [0.15, 0.2) is 0 Å². The summed E-state index contributed by atoms with van der Waals surface area (Å²) in [5.41, 5.74) is 0. The average molecular weight is 475 g/mol. The van der Waals surface area contributed by atoms with Crippen LogP contribution in [0.5, 0.6) is 0 Å². The first-order chi connectivity index (χ1) is 15.0. The van der Waals surface area contributed by atoms with Gasteiger partial charge in [0.05, 0.1) is 21.1 Å². The minimum absolute atomic E-state index is 0.0543. The standard InChI is InChI=1S/C26H52NO4P/c1-5-6-7-8-9-10-11-12-13-14-15-16-17-18-19-20-21-22-23-24-26(28,32(29,30)31)25-27(2,3)4/h6-7,16-17,28H,5,8-15,18-25H2,1-4H3,(H-,29,30,31)/p+1/b7-6-,17-16-. The minimum atomic E-state index is -4.55. The van der Waals surface area contributed by atoms with Crippen molar-refractivity contribution in [3.63, 3.8) is 0 Å². The molecule has 0 aromatic rings. The van der Waals surface area contributed by atoms with Crippen molar-refractivity contribution in [1.82, 2.24) is 0 Å². The Hall–Kier alpha value is -0.450. The van der Waals surface area contributed by atoms with E-state index in [1.807, 2.05) is 21.1 Å². The molecule has 0 fully saturated rings. The molecule has 32 heavy (non-hydrogen) atoms. The molecule has 5 nitrogen and oxygen atoms in total. The molecule has 0 saturated heterocycles. The van der Waals surface area contributed by atoms with E-state index >= 15 is 0 Å². The molecule has 0 aliphatic rings. The number of rotatable bonds is 21. The molecule has 0 aromatic heterocycles. The summed E-state index contributed by atoms with van der Waals surface area (Å²) in [6.07, 6.45) is 27.0. The van der Waals surface area contributed by atoms with Gasteiger partial charge in [-0.05, 0) is 57.8 Å². The van der Waals surface area contributed by atoms with Gasteiger partial charge in [-0.15, -0.1) is 0 Å². The van der Waals surface area contributed by atoms with Crippen LogP contribution in [0.15, 0.2) is 24.3 Å². The molecule has 1 unspecified atom stereocenters. The zero-order valence-corrected chi connectivity index (χ0v) is 22.4. The predicted octanol–water partition coefficient (Wildman–Crippen LogP) is 6.93. The highest BCUT2D eigenvalue weighted by atomic mass is 31.2. The van der Waals surface area contributed by atoms with Crippen LogP contribution in [0.1, 0.15) is 110 Å². The highest BCUT2D eigenvalue weighted by Crippen LogP contribution is 2.52. The molecule has 0 radical (unpaired) electrons. The van der Waals surface area contributed by atoms with Crippen molar-refractivity contribution in [2.24, 2.45) is 0 Å². The smallest absolute Gasteiger partial charge is 0.362 e. The van der Waals surface area contributed by atoms with Crippen molar-refractivity contribution >= 4 is 7.60 Å². The monoisotopic (exact) mass is 474 g/mol. The Morgan fingerprint density at radius 3 is 1.44 bits per heavy atom. The van der Waals surface area contributed by atoms with E-state index in [0.29, 0.717) is 10.9 Å². The van der Waals surface area contributed by atoms with Gasteiger partial charge < -0.3 is 19.4 Å². The normalized spacial score (nSPS) is 15.1. The fraction of sp³-hybridized carbons (Fsp3) is 0.846. The Morgan fingerprint density at radius 2 is 1.06 bits per heavy atom. The first-order valence-corrected chi connectivity index (χ1v) is 14.5. The lowest BCUT2D eigenvalue weighted by atomic mass is 10.1. The number of allylic oxidation sites excluding steroid dienone is 4. The molecule has 190 valence electrons. The van der Waals surface area contributed by atoms with Crippen LogP contribution in [-0.4, -0.2) is 52.4 Å². The van der Waals surface area contributed by atoms with Crippen molar-refractivity contribution < 1.29 is 23.9 Å². The maximum Gasteiger partial charge on any atom is 0.362 e. The van der Waals surface area contributed by atoms with Gasteiger partial charge in [-0.3, -0.25) is 4.57 Å². The molecule has 0 spiro atoms. The maximum absolute atomic E-state index is 11.8. The van der Waals surface area contributed by atoms with Crippen molar-refractivity contribution in [3.05, 3.63) is 24.3 Å². The molecule has 0 bridgehead atoms. The van der Waals surface area contributed by atoms with E-state index in [0.717, 1.165) is 38.5 Å². The Morgan fingerprint density at radius 1 is 0.688 bits per heavy atom. The number of likely N-dealkylation sites (N-methyl/N-ethyl adjacent to an activating group) is 1. The number of unbranched alkanes of at least 4 members (excludes halogenated alkanes) is 12. The van der Waals surface area contributed by atoms with Crippen molar-refractivity contribution in [3.8, 4) is 0 Å². The molecule has 0 rings (SSSR count). The average Bonchev–Trinajstić information content (AvgIpc) is 2.67. The Bertz CT molecular complexity index is 551. The van der Waals surface area contributed by atoms with Gasteiger partial charge in [-0.2, -0.15) is 0 Å². The highest BCUT2D eigenvalue weighted by Gasteiger charge is 2.48. The third-order valence-corrected chi connectivity index (χ3v) is 7.23. The summed E-state index contributed by atoms with van der Waals surface area (Å²) in [4.78, 5) is 19.2. The van der Waals surface area contributed by atoms with E-state index in [-0.39, 0.29) is 13.0 Å². The highest BCUT2D eigenvalue weighted by molar-refractivity contribution is 7.53. The van der Waals surface area contributed by atoms with E-state index in [4.69, 9.17) is 0 Å². The third kappa shape index (κ3) is 18.0. The van der Waals surface area contributed by atoms with E-state index < -0.39 is 12.9 Å². The van der Waals surface area contributed by atoms with Gasteiger partial charge >= 0.3 is 7.60 Å². The third-order valence-electron chi connectivity index (χ3n) is 5.78. The molecule has 0 aromatic carbocycles. The summed E-state index contributed by atoms with van der Waals surface area (Å²) in [6, 6.07) is 0. The van der Waals surface area contributed by atoms with Gasteiger partial charge in [0, 0.05) is 0 Å². The largest absolute Gasteiger partial charge is 0.373 e. The topological polar surface area (TPSA) is 77.8 Å². The molecule has 0 aliphatic carbocycles. The molecular formula is C26H53NO4P+. The predicted molar refractivity (Wildman–Crippen MR) is 138 cm³/mol. The SMILES string of the molecule is CC/C=C\CCCCCCCC/C=C\CCCCCCCC(O)(C[N+](C)(C)C)P(=O)(O)O. The Kier molecular flexibility index (Phi) is 17.7. The van der Waals surface area contributed by atoms with E-state index in [1.165, 1.54) is 51.4 Å². The van der Waals surface area contributed by atoms with Gasteiger partial charge in [-0.25, -0.2) is 0 Å².